The smallest absolute Gasteiger partial charge is 0.252 e. The van der Waals surface area contributed by atoms with Gasteiger partial charge in [0.25, 0.3) is 5.91 Å². The van der Waals surface area contributed by atoms with E-state index in [1.807, 2.05) is 30.5 Å². The molecule has 1 aromatic carbocycles. The molecule has 3 N–H and O–H groups in total. The summed E-state index contributed by atoms with van der Waals surface area (Å²) < 4.78 is 7.05. The van der Waals surface area contributed by atoms with Gasteiger partial charge in [0.05, 0.1) is 30.1 Å². The number of hydrogen-bond donors (Lipinski definition) is 2. The second-order valence-corrected chi connectivity index (χ2v) is 8.58. The van der Waals surface area contributed by atoms with Crippen LogP contribution in [-0.4, -0.2) is 28.7 Å². The molecule has 4 rings (SSSR count). The number of nitrogens with one attached hydrogen (secondary N) is 1. The molecule has 0 bridgehead atoms. The van der Waals surface area contributed by atoms with Crippen LogP contribution in [0.3, 0.4) is 0 Å². The van der Waals surface area contributed by atoms with Gasteiger partial charge in [0.2, 0.25) is 0 Å². The number of primary amides is 1. The second kappa shape index (κ2) is 7.10. The lowest BCUT2D eigenvalue weighted by atomic mass is 9.80. The van der Waals surface area contributed by atoms with Gasteiger partial charge in [-0.2, -0.15) is 5.10 Å². The first-order valence-electron chi connectivity index (χ1n) is 10.0. The first-order valence-corrected chi connectivity index (χ1v) is 10.0. The molecule has 0 aliphatic heterocycles. The maximum absolute atomic E-state index is 12.1. The van der Waals surface area contributed by atoms with Crippen LogP contribution >= 0.6 is 0 Å². The number of ether oxygens (including phenoxy) is 1. The molecule has 1 unspecified atom stereocenters. The Morgan fingerprint density at radius 3 is 2.55 bits per heavy atom. The molecule has 6 heteroatoms. The summed E-state index contributed by atoms with van der Waals surface area (Å²) in [5.74, 6) is 0.946. The lowest BCUT2D eigenvalue weighted by Gasteiger charge is -2.33. The van der Waals surface area contributed by atoms with Crippen molar-refractivity contribution in [3.63, 3.8) is 0 Å². The molecule has 1 aliphatic rings. The number of nitrogens with two attached hydrogens (primary N) is 1. The molecule has 1 fully saturated rings. The minimum Gasteiger partial charge on any atom is -0.497 e. The number of carbonyl (C=O) groups excluding carboxylic acids is 1. The molecule has 0 saturated heterocycles. The van der Waals surface area contributed by atoms with E-state index in [1.54, 1.807) is 17.8 Å². The Balaban J connectivity index is 1.79. The number of fused-ring (bicyclic) bond motifs is 1. The highest BCUT2D eigenvalue weighted by Gasteiger charge is 2.41. The number of benzene rings is 1. The molecule has 152 valence electrons. The number of anilines is 1. The quantitative estimate of drug-likeness (QED) is 0.676. The average Bonchev–Trinajstić information content (AvgIpc) is 3.24. The van der Waals surface area contributed by atoms with Crippen LogP contribution in [0, 0.1) is 11.3 Å². The van der Waals surface area contributed by atoms with E-state index in [0.29, 0.717) is 11.5 Å². The Hall–Kier alpha value is -3.02. The molecule has 0 radical (unpaired) electrons. The Labute approximate surface area is 171 Å². The zero-order valence-corrected chi connectivity index (χ0v) is 17.4. The molecule has 29 heavy (non-hydrogen) atoms. The third-order valence-corrected chi connectivity index (χ3v) is 6.70. The summed E-state index contributed by atoms with van der Waals surface area (Å²) in [6.07, 6.45) is 5.75. The van der Waals surface area contributed by atoms with Crippen LogP contribution in [0.25, 0.3) is 16.6 Å². The van der Waals surface area contributed by atoms with Gasteiger partial charge in [0.15, 0.2) is 0 Å². The molecule has 2 aromatic heterocycles. The van der Waals surface area contributed by atoms with E-state index in [1.165, 1.54) is 0 Å². The number of hydrogen-bond acceptors (Lipinski definition) is 4. The molecule has 1 amide bonds. The number of methoxy groups -OCH3 is 1. The van der Waals surface area contributed by atoms with Crippen LogP contribution in [0.1, 0.15) is 44.0 Å². The summed E-state index contributed by atoms with van der Waals surface area (Å²) in [5, 5.41) is 8.08. The van der Waals surface area contributed by atoms with Crippen LogP contribution in [0.2, 0.25) is 0 Å². The van der Waals surface area contributed by atoms with Crippen molar-refractivity contribution < 1.29 is 9.53 Å². The second-order valence-electron chi connectivity index (χ2n) is 8.58. The molecule has 2 atom stereocenters. The number of aromatic nitrogens is 2. The van der Waals surface area contributed by atoms with E-state index in [0.717, 1.165) is 40.9 Å². The monoisotopic (exact) mass is 392 g/mol. The van der Waals surface area contributed by atoms with Gasteiger partial charge >= 0.3 is 0 Å². The Morgan fingerprint density at radius 2 is 1.97 bits per heavy atom. The zero-order chi connectivity index (χ0) is 20.8. The summed E-state index contributed by atoms with van der Waals surface area (Å²) in [6.45, 7) is 6.86. The number of carbonyl (C=O) groups is 1. The molecular formula is C23H28N4O2. The highest BCUT2D eigenvalue weighted by atomic mass is 16.5. The molecule has 2 heterocycles. The number of rotatable bonds is 5. The summed E-state index contributed by atoms with van der Waals surface area (Å²) in [4.78, 5) is 12.1. The Morgan fingerprint density at radius 1 is 1.24 bits per heavy atom. The van der Waals surface area contributed by atoms with Gasteiger partial charge in [-0.15, -0.1) is 0 Å². The predicted octanol–water partition coefficient (Wildman–Crippen LogP) is 4.35. The Kier molecular flexibility index (Phi) is 4.73. The zero-order valence-electron chi connectivity index (χ0n) is 17.4. The van der Waals surface area contributed by atoms with Gasteiger partial charge in [-0.3, -0.25) is 4.79 Å². The maximum atomic E-state index is 12.1. The fourth-order valence-corrected chi connectivity index (χ4v) is 4.27. The van der Waals surface area contributed by atoms with Gasteiger partial charge in [0, 0.05) is 17.8 Å². The molecule has 3 aromatic rings. The molecule has 0 spiro atoms. The molecule has 1 aliphatic carbocycles. The van der Waals surface area contributed by atoms with Crippen molar-refractivity contribution in [2.75, 3.05) is 12.4 Å². The van der Waals surface area contributed by atoms with E-state index in [-0.39, 0.29) is 11.5 Å². The van der Waals surface area contributed by atoms with Crippen molar-refractivity contribution in [2.45, 2.75) is 39.7 Å². The first kappa shape index (κ1) is 19.3. The first-order chi connectivity index (χ1) is 13.8. The number of nitrogens with zero attached hydrogens (tertiary/aromatic N) is 2. The van der Waals surface area contributed by atoms with Crippen molar-refractivity contribution in [2.24, 2.45) is 17.1 Å². The highest BCUT2D eigenvalue weighted by molar-refractivity contribution is 6.02. The predicted molar refractivity (Wildman–Crippen MR) is 115 cm³/mol. The minimum absolute atomic E-state index is 0.126. The van der Waals surface area contributed by atoms with E-state index in [2.05, 4.69) is 37.3 Å². The third kappa shape index (κ3) is 3.33. The highest BCUT2D eigenvalue weighted by Crippen LogP contribution is 2.44. The fraction of sp³-hybridized carbons (Fsp3) is 0.391. The average molecular weight is 393 g/mol. The van der Waals surface area contributed by atoms with Crippen molar-refractivity contribution in [1.82, 2.24) is 9.61 Å². The van der Waals surface area contributed by atoms with Gasteiger partial charge < -0.3 is 15.8 Å². The SMILES string of the molecule is COc1ccc(-c2cc3c(N[C@@H]4CCC(C)C4(C)C)c(C(N)=O)cnn3c2)cc1. The standard InChI is InChI=1S/C23H28N4O2/c1-14-5-10-20(23(14,2)3)26-21-18(22(24)28)12-25-27-13-16(11-19(21)27)15-6-8-17(29-4)9-7-15/h6-9,11-14,20,26H,5,10H2,1-4H3,(H2,24,28)/t14?,20-/m1/s1. The van der Waals surface area contributed by atoms with E-state index >= 15 is 0 Å². The van der Waals surface area contributed by atoms with Gasteiger partial charge in [-0.1, -0.05) is 32.9 Å². The fourth-order valence-electron chi connectivity index (χ4n) is 4.27. The van der Waals surface area contributed by atoms with Gasteiger partial charge in [-0.05, 0) is 47.9 Å². The summed E-state index contributed by atoms with van der Waals surface area (Å²) in [6, 6.07) is 10.2. The van der Waals surface area contributed by atoms with Crippen LogP contribution in [0.4, 0.5) is 5.69 Å². The van der Waals surface area contributed by atoms with Crippen molar-refractivity contribution in [3.8, 4) is 16.9 Å². The van der Waals surface area contributed by atoms with E-state index in [9.17, 15) is 4.79 Å². The van der Waals surface area contributed by atoms with Crippen LogP contribution < -0.4 is 15.8 Å². The van der Waals surface area contributed by atoms with Crippen LogP contribution in [0.15, 0.2) is 42.7 Å². The summed E-state index contributed by atoms with van der Waals surface area (Å²) >= 11 is 0. The summed E-state index contributed by atoms with van der Waals surface area (Å²) in [5.41, 5.74) is 9.92. The minimum atomic E-state index is -0.474. The van der Waals surface area contributed by atoms with Crippen LogP contribution in [0.5, 0.6) is 5.75 Å². The summed E-state index contributed by atoms with van der Waals surface area (Å²) in [7, 11) is 1.65. The topological polar surface area (TPSA) is 81.6 Å². The Bertz CT molecular complexity index is 1050. The normalized spacial score (nSPS) is 20.7. The van der Waals surface area contributed by atoms with Crippen molar-refractivity contribution >= 4 is 17.1 Å². The van der Waals surface area contributed by atoms with Crippen LogP contribution in [-0.2, 0) is 0 Å². The van der Waals surface area contributed by atoms with Crippen molar-refractivity contribution in [3.05, 3.63) is 48.3 Å². The third-order valence-electron chi connectivity index (χ3n) is 6.70. The lowest BCUT2D eigenvalue weighted by Crippen LogP contribution is -2.35. The molecule has 1 saturated carbocycles. The maximum Gasteiger partial charge on any atom is 0.252 e. The van der Waals surface area contributed by atoms with Crippen molar-refractivity contribution in [1.29, 1.82) is 0 Å². The van der Waals surface area contributed by atoms with E-state index < -0.39 is 5.91 Å². The number of amides is 1. The lowest BCUT2D eigenvalue weighted by molar-refractivity contribution is 0.100. The largest absolute Gasteiger partial charge is 0.497 e. The van der Waals surface area contributed by atoms with Gasteiger partial charge in [-0.25, -0.2) is 4.52 Å². The molecule has 6 nitrogen and oxygen atoms in total. The van der Waals surface area contributed by atoms with Gasteiger partial charge in [0.1, 0.15) is 5.75 Å². The van der Waals surface area contributed by atoms with E-state index in [4.69, 9.17) is 10.5 Å². The molecular weight excluding hydrogens is 364 g/mol.